The summed E-state index contributed by atoms with van der Waals surface area (Å²) in [6.45, 7) is 9.13. The van der Waals surface area contributed by atoms with E-state index in [1.165, 1.54) is 0 Å². The second-order valence-electron chi connectivity index (χ2n) is 6.76. The molecule has 0 aliphatic rings. The molecule has 0 aliphatic heterocycles. The number of ether oxygens (including phenoxy) is 1. The number of carbonyl (C=O) groups is 1. The van der Waals surface area contributed by atoms with E-state index in [0.29, 0.717) is 6.42 Å². The minimum Gasteiger partial charge on any atom is -0.456 e. The van der Waals surface area contributed by atoms with Crippen LogP contribution in [0.2, 0.25) is 0 Å². The smallest absolute Gasteiger partial charge is 0.422 e. The number of hydrogen-bond acceptors (Lipinski definition) is 3. The summed E-state index contributed by atoms with van der Waals surface area (Å²) in [6.07, 6.45) is -4.19. The second kappa shape index (κ2) is 5.54. The number of halogens is 3. The van der Waals surface area contributed by atoms with Crippen molar-refractivity contribution in [3.8, 4) is 0 Å². The molecule has 0 radical (unpaired) electrons. The van der Waals surface area contributed by atoms with Crippen molar-refractivity contribution in [2.45, 2.75) is 58.9 Å². The highest BCUT2D eigenvalue weighted by molar-refractivity contribution is 7.81. The maximum atomic E-state index is 12.1. The highest BCUT2D eigenvalue weighted by Gasteiger charge is 2.48. The first-order valence-electron chi connectivity index (χ1n) is 6.05. The molecular formula is C13H23F3O2S. The Kier molecular flexibility index (Phi) is 5.43. The fraction of sp³-hybridized carbons (Fsp3) is 0.923. The van der Waals surface area contributed by atoms with Crippen LogP contribution in [0.1, 0.15) is 48.0 Å². The van der Waals surface area contributed by atoms with Gasteiger partial charge in [-0.05, 0) is 18.8 Å². The van der Waals surface area contributed by atoms with Crippen molar-refractivity contribution < 1.29 is 22.7 Å². The molecule has 0 fully saturated rings. The zero-order valence-electron chi connectivity index (χ0n) is 12.3. The molecule has 0 aromatic carbocycles. The van der Waals surface area contributed by atoms with Crippen LogP contribution in [-0.2, 0) is 9.53 Å². The number of esters is 1. The average molecular weight is 300 g/mol. The highest BCUT2D eigenvalue weighted by Crippen LogP contribution is 2.46. The summed E-state index contributed by atoms with van der Waals surface area (Å²) in [5.41, 5.74) is -1.57. The van der Waals surface area contributed by atoms with E-state index in [2.05, 4.69) is 17.4 Å². The Balaban J connectivity index is 5.12. The van der Waals surface area contributed by atoms with Gasteiger partial charge in [-0.2, -0.15) is 25.8 Å². The van der Waals surface area contributed by atoms with Crippen LogP contribution < -0.4 is 0 Å². The third kappa shape index (κ3) is 6.06. The first kappa shape index (κ1) is 18.6. The molecule has 0 aromatic rings. The summed E-state index contributed by atoms with van der Waals surface area (Å²) in [5, 5.41) is 0. The summed E-state index contributed by atoms with van der Waals surface area (Å²) in [4.78, 5) is 12.1. The summed E-state index contributed by atoms with van der Waals surface area (Å²) in [5.74, 6) is -0.834. The molecule has 2 nitrogen and oxygen atoms in total. The van der Waals surface area contributed by atoms with Crippen molar-refractivity contribution in [2.24, 2.45) is 10.8 Å². The highest BCUT2D eigenvalue weighted by atomic mass is 32.1. The Morgan fingerprint density at radius 3 is 1.74 bits per heavy atom. The summed E-state index contributed by atoms with van der Waals surface area (Å²) < 4.78 is 40.4. The van der Waals surface area contributed by atoms with Gasteiger partial charge in [0.1, 0.15) is 0 Å². The van der Waals surface area contributed by atoms with E-state index in [-0.39, 0.29) is 0 Å². The molecule has 0 aromatic heterocycles. The molecule has 1 unspecified atom stereocenters. The molecule has 0 N–H and O–H groups in total. The Morgan fingerprint density at radius 1 is 1.05 bits per heavy atom. The molecule has 0 aliphatic carbocycles. The Bertz CT molecular complexity index is 326. The molecule has 19 heavy (non-hydrogen) atoms. The van der Waals surface area contributed by atoms with Crippen LogP contribution in [0.5, 0.6) is 0 Å². The zero-order valence-corrected chi connectivity index (χ0v) is 13.2. The van der Waals surface area contributed by atoms with Crippen LogP contribution in [-0.4, -0.2) is 23.5 Å². The molecule has 0 spiro atoms. The Labute approximate surface area is 118 Å². The van der Waals surface area contributed by atoms with E-state index < -0.39 is 34.3 Å². The Hall–Kier alpha value is -0.390. The van der Waals surface area contributed by atoms with Crippen molar-refractivity contribution in [1.82, 2.24) is 0 Å². The van der Waals surface area contributed by atoms with Crippen molar-refractivity contribution in [3.63, 3.8) is 0 Å². The molecule has 0 bridgehead atoms. The SMILES string of the molecule is CC(C)(S)CC(C)(C(=O)OCC(F)(F)F)C(C)(C)C. The van der Waals surface area contributed by atoms with Gasteiger partial charge >= 0.3 is 12.1 Å². The molecule has 6 heteroatoms. The lowest BCUT2D eigenvalue weighted by atomic mass is 9.64. The zero-order chi connectivity index (χ0) is 15.7. The van der Waals surface area contributed by atoms with Gasteiger partial charge in [0, 0.05) is 4.75 Å². The number of rotatable bonds is 4. The lowest BCUT2D eigenvalue weighted by Crippen LogP contribution is -2.46. The Morgan fingerprint density at radius 2 is 1.47 bits per heavy atom. The number of carbonyl (C=O) groups excluding carboxylic acids is 1. The number of hydrogen-bond donors (Lipinski definition) is 1. The summed E-state index contributed by atoms with van der Waals surface area (Å²) >= 11 is 4.37. The molecule has 0 heterocycles. The van der Waals surface area contributed by atoms with Gasteiger partial charge in [0.2, 0.25) is 0 Å². The van der Waals surface area contributed by atoms with E-state index >= 15 is 0 Å². The molecular weight excluding hydrogens is 277 g/mol. The first-order valence-corrected chi connectivity index (χ1v) is 6.50. The van der Waals surface area contributed by atoms with Gasteiger partial charge in [0.25, 0.3) is 0 Å². The van der Waals surface area contributed by atoms with Crippen LogP contribution in [0, 0.1) is 10.8 Å². The number of thiol groups is 1. The quantitative estimate of drug-likeness (QED) is 0.621. The van der Waals surface area contributed by atoms with E-state index in [1.807, 2.05) is 13.8 Å². The summed E-state index contributed by atoms with van der Waals surface area (Å²) in [6, 6.07) is 0. The molecule has 114 valence electrons. The van der Waals surface area contributed by atoms with Crippen LogP contribution >= 0.6 is 12.6 Å². The minimum atomic E-state index is -4.51. The van der Waals surface area contributed by atoms with Crippen LogP contribution in [0.25, 0.3) is 0 Å². The monoisotopic (exact) mass is 300 g/mol. The fourth-order valence-electron chi connectivity index (χ4n) is 1.82. The van der Waals surface area contributed by atoms with Crippen LogP contribution in [0.4, 0.5) is 13.2 Å². The largest absolute Gasteiger partial charge is 0.456 e. The number of alkyl halides is 3. The predicted molar refractivity (Wildman–Crippen MR) is 72.3 cm³/mol. The standard InChI is InChI=1S/C13H23F3O2S/c1-10(2,3)12(6,7-11(4,5)19)9(17)18-8-13(14,15)16/h19H,7-8H2,1-6H3. The van der Waals surface area contributed by atoms with E-state index in [0.717, 1.165) is 0 Å². The van der Waals surface area contributed by atoms with E-state index in [9.17, 15) is 18.0 Å². The average Bonchev–Trinajstić information content (AvgIpc) is 2.07. The van der Waals surface area contributed by atoms with Crippen molar-refractivity contribution >= 4 is 18.6 Å². The maximum absolute atomic E-state index is 12.1. The minimum absolute atomic E-state index is 0.323. The fourth-order valence-corrected chi connectivity index (χ4v) is 2.13. The normalized spacial score (nSPS) is 16.9. The van der Waals surface area contributed by atoms with Gasteiger partial charge in [0.05, 0.1) is 5.41 Å². The first-order chi connectivity index (χ1) is 8.08. The lowest BCUT2D eigenvalue weighted by Gasteiger charge is -2.43. The van der Waals surface area contributed by atoms with Crippen LogP contribution in [0.3, 0.4) is 0 Å². The van der Waals surface area contributed by atoms with E-state index in [1.54, 1.807) is 27.7 Å². The topological polar surface area (TPSA) is 26.3 Å². The van der Waals surface area contributed by atoms with Gasteiger partial charge in [-0.3, -0.25) is 4.79 Å². The van der Waals surface area contributed by atoms with Gasteiger partial charge in [-0.15, -0.1) is 0 Å². The van der Waals surface area contributed by atoms with Gasteiger partial charge < -0.3 is 4.74 Å². The van der Waals surface area contributed by atoms with Crippen molar-refractivity contribution in [2.75, 3.05) is 6.61 Å². The van der Waals surface area contributed by atoms with Gasteiger partial charge in [-0.25, -0.2) is 0 Å². The van der Waals surface area contributed by atoms with Crippen LogP contribution in [0.15, 0.2) is 0 Å². The molecule has 0 rings (SSSR count). The molecule has 1 atom stereocenters. The predicted octanol–water partition coefficient (Wildman–Crippen LogP) is 4.24. The third-order valence-electron chi connectivity index (χ3n) is 3.26. The van der Waals surface area contributed by atoms with Crippen molar-refractivity contribution in [3.05, 3.63) is 0 Å². The summed E-state index contributed by atoms with van der Waals surface area (Å²) in [7, 11) is 0. The second-order valence-corrected chi connectivity index (χ2v) is 7.97. The van der Waals surface area contributed by atoms with Gasteiger partial charge in [0.15, 0.2) is 6.61 Å². The maximum Gasteiger partial charge on any atom is 0.422 e. The molecule has 0 saturated carbocycles. The van der Waals surface area contributed by atoms with Gasteiger partial charge in [-0.1, -0.05) is 34.6 Å². The van der Waals surface area contributed by atoms with E-state index in [4.69, 9.17) is 0 Å². The lowest BCUT2D eigenvalue weighted by molar-refractivity contribution is -0.198. The van der Waals surface area contributed by atoms with Crippen molar-refractivity contribution in [1.29, 1.82) is 0 Å². The molecule has 0 amide bonds. The third-order valence-corrected chi connectivity index (χ3v) is 3.42. The molecule has 0 saturated heterocycles.